The number of carbonyl (C=O) groups excluding carboxylic acids is 1. The molecule has 82 valence electrons. The molecule has 0 saturated heterocycles. The van der Waals surface area contributed by atoms with Crippen LogP contribution in [-0.4, -0.2) is 11.1 Å². The summed E-state index contributed by atoms with van der Waals surface area (Å²) in [7, 11) is 0. The molecule has 0 aromatic heterocycles. The van der Waals surface area contributed by atoms with E-state index >= 15 is 0 Å². The first kappa shape index (κ1) is 11.5. The topological polar surface area (TPSA) is 55.4 Å². The van der Waals surface area contributed by atoms with Gasteiger partial charge in [0, 0.05) is 0 Å². The molecular weight excluding hydrogens is 267 g/mol. The number of halogens is 2. The fraction of sp³-hybridized carbons (Fsp3) is 0. The first-order valence-corrected chi connectivity index (χ1v) is 5.87. The maximum atomic E-state index is 11.4. The lowest BCUT2D eigenvalue weighted by molar-refractivity contribution is -0.113. The van der Waals surface area contributed by atoms with Gasteiger partial charge in [-0.05, 0) is 29.5 Å². The minimum Gasteiger partial charge on any atom is -0.378 e. The Labute approximate surface area is 106 Å². The summed E-state index contributed by atoms with van der Waals surface area (Å²) in [5.74, 6) is -0.349. The lowest BCUT2D eigenvalue weighted by Crippen LogP contribution is -2.01. The van der Waals surface area contributed by atoms with Crippen LogP contribution in [-0.2, 0) is 4.79 Å². The second-order valence-electron chi connectivity index (χ2n) is 3.01. The van der Waals surface area contributed by atoms with Gasteiger partial charge >= 0.3 is 0 Å². The molecule has 0 spiro atoms. The van der Waals surface area contributed by atoms with Crippen LogP contribution in [0.2, 0.25) is 10.0 Å². The quantitative estimate of drug-likeness (QED) is 0.800. The molecule has 1 aromatic carbocycles. The van der Waals surface area contributed by atoms with E-state index < -0.39 is 0 Å². The summed E-state index contributed by atoms with van der Waals surface area (Å²) >= 11 is 13.0. The third-order valence-electron chi connectivity index (χ3n) is 1.91. The second-order valence-corrected chi connectivity index (χ2v) is 4.86. The van der Waals surface area contributed by atoms with Crippen molar-refractivity contribution in [3.8, 4) is 0 Å². The van der Waals surface area contributed by atoms with Gasteiger partial charge in [0.1, 0.15) is 0 Å². The van der Waals surface area contributed by atoms with Crippen LogP contribution in [0.5, 0.6) is 0 Å². The number of nitrogens with two attached hydrogens (primary N) is 1. The Morgan fingerprint density at radius 2 is 2.12 bits per heavy atom. The minimum absolute atomic E-state index is 0.245. The van der Waals surface area contributed by atoms with Crippen molar-refractivity contribution < 1.29 is 4.79 Å². The van der Waals surface area contributed by atoms with Crippen LogP contribution in [0.1, 0.15) is 5.56 Å². The summed E-state index contributed by atoms with van der Waals surface area (Å²) in [6.45, 7) is 0. The van der Waals surface area contributed by atoms with Crippen LogP contribution in [0, 0.1) is 0 Å². The molecule has 0 atom stereocenters. The van der Waals surface area contributed by atoms with E-state index in [0.29, 0.717) is 20.5 Å². The summed E-state index contributed by atoms with van der Waals surface area (Å²) in [5, 5.41) is 1.10. The van der Waals surface area contributed by atoms with Gasteiger partial charge in [0.15, 0.2) is 5.17 Å². The Morgan fingerprint density at radius 3 is 2.75 bits per heavy atom. The molecule has 1 heterocycles. The largest absolute Gasteiger partial charge is 0.378 e. The molecule has 1 aliphatic heterocycles. The monoisotopic (exact) mass is 272 g/mol. The van der Waals surface area contributed by atoms with Crippen molar-refractivity contribution in [1.29, 1.82) is 0 Å². The van der Waals surface area contributed by atoms with Gasteiger partial charge in [0.25, 0.3) is 5.91 Å². The Balaban J connectivity index is 2.38. The maximum Gasteiger partial charge on any atom is 0.286 e. The molecule has 1 aromatic rings. The lowest BCUT2D eigenvalue weighted by atomic mass is 10.2. The summed E-state index contributed by atoms with van der Waals surface area (Å²) < 4.78 is 0. The number of amidine groups is 1. The van der Waals surface area contributed by atoms with Crippen molar-refractivity contribution in [2.24, 2.45) is 10.7 Å². The van der Waals surface area contributed by atoms with Crippen molar-refractivity contribution in [1.82, 2.24) is 0 Å². The molecule has 0 fully saturated rings. The van der Waals surface area contributed by atoms with Crippen molar-refractivity contribution in [3.05, 3.63) is 38.7 Å². The highest BCUT2D eigenvalue weighted by Gasteiger charge is 2.19. The number of rotatable bonds is 1. The summed E-state index contributed by atoms with van der Waals surface area (Å²) in [4.78, 5) is 15.4. The third-order valence-corrected chi connectivity index (χ3v) is 3.55. The van der Waals surface area contributed by atoms with Crippen molar-refractivity contribution in [2.75, 3.05) is 0 Å². The van der Waals surface area contributed by atoms with E-state index in [2.05, 4.69) is 4.99 Å². The predicted molar refractivity (Wildman–Crippen MR) is 68.7 cm³/mol. The highest BCUT2D eigenvalue weighted by atomic mass is 35.5. The zero-order valence-corrected chi connectivity index (χ0v) is 10.2. The van der Waals surface area contributed by atoms with Gasteiger partial charge in [-0.3, -0.25) is 4.79 Å². The number of carbonyl (C=O) groups is 1. The van der Waals surface area contributed by atoms with Crippen LogP contribution in [0.4, 0.5) is 0 Å². The van der Waals surface area contributed by atoms with E-state index in [1.54, 1.807) is 24.3 Å². The van der Waals surface area contributed by atoms with Gasteiger partial charge in [-0.1, -0.05) is 35.3 Å². The van der Waals surface area contributed by atoms with Gasteiger partial charge in [-0.2, -0.15) is 4.99 Å². The first-order chi connectivity index (χ1) is 7.58. The maximum absolute atomic E-state index is 11.4. The van der Waals surface area contributed by atoms with E-state index in [1.807, 2.05) is 0 Å². The van der Waals surface area contributed by atoms with E-state index in [9.17, 15) is 4.79 Å². The van der Waals surface area contributed by atoms with Crippen molar-refractivity contribution in [2.45, 2.75) is 0 Å². The molecule has 3 nitrogen and oxygen atoms in total. The molecule has 0 radical (unpaired) electrons. The number of thioether (sulfide) groups is 1. The van der Waals surface area contributed by atoms with Crippen LogP contribution >= 0.6 is 35.0 Å². The van der Waals surface area contributed by atoms with Crippen LogP contribution in [0.3, 0.4) is 0 Å². The molecular formula is C10H6Cl2N2OS. The zero-order valence-electron chi connectivity index (χ0n) is 7.91. The lowest BCUT2D eigenvalue weighted by Gasteiger charge is -2.00. The van der Waals surface area contributed by atoms with Crippen LogP contribution in [0.25, 0.3) is 6.08 Å². The van der Waals surface area contributed by atoms with Crippen LogP contribution < -0.4 is 5.73 Å². The number of aliphatic imine (C=N–C) groups is 1. The zero-order chi connectivity index (χ0) is 11.7. The van der Waals surface area contributed by atoms with Crippen molar-refractivity contribution >= 4 is 52.1 Å². The molecule has 2 N–H and O–H groups in total. The second kappa shape index (κ2) is 4.49. The summed E-state index contributed by atoms with van der Waals surface area (Å²) in [5.41, 5.74) is 6.11. The average molecular weight is 273 g/mol. The van der Waals surface area contributed by atoms with E-state index in [1.165, 1.54) is 0 Å². The fourth-order valence-electron chi connectivity index (χ4n) is 1.20. The first-order valence-electron chi connectivity index (χ1n) is 4.30. The molecule has 0 bridgehead atoms. The SMILES string of the molecule is NC1=NC(=O)/C(=C\c2cccc(Cl)c2Cl)S1. The highest BCUT2D eigenvalue weighted by molar-refractivity contribution is 8.18. The van der Waals surface area contributed by atoms with Gasteiger partial charge in [0.05, 0.1) is 15.0 Å². The molecule has 6 heteroatoms. The number of hydrogen-bond acceptors (Lipinski definition) is 3. The predicted octanol–water partition coefficient (Wildman–Crippen LogP) is 2.92. The summed E-state index contributed by atoms with van der Waals surface area (Å²) in [6.07, 6.45) is 1.63. The summed E-state index contributed by atoms with van der Waals surface area (Å²) in [6, 6.07) is 5.21. The number of amides is 1. The number of benzene rings is 1. The molecule has 16 heavy (non-hydrogen) atoms. The van der Waals surface area contributed by atoms with Crippen molar-refractivity contribution in [3.63, 3.8) is 0 Å². The van der Waals surface area contributed by atoms with Gasteiger partial charge in [-0.25, -0.2) is 0 Å². The van der Waals surface area contributed by atoms with Gasteiger partial charge in [-0.15, -0.1) is 0 Å². The fourth-order valence-corrected chi connectivity index (χ4v) is 2.23. The smallest absolute Gasteiger partial charge is 0.286 e. The third kappa shape index (κ3) is 2.24. The Bertz CT molecular complexity index is 526. The Morgan fingerprint density at radius 1 is 1.38 bits per heavy atom. The minimum atomic E-state index is -0.349. The molecule has 1 aliphatic rings. The average Bonchev–Trinajstić information content (AvgIpc) is 2.53. The normalized spacial score (nSPS) is 18.0. The van der Waals surface area contributed by atoms with Gasteiger partial charge in [0.2, 0.25) is 0 Å². The number of nitrogens with zero attached hydrogens (tertiary/aromatic N) is 1. The van der Waals surface area contributed by atoms with Crippen LogP contribution in [0.15, 0.2) is 28.1 Å². The standard InChI is InChI=1S/C10H6Cl2N2OS/c11-6-3-1-2-5(8(6)12)4-7-9(15)14-10(13)16-7/h1-4H,(H2,13,14,15)/b7-4+. The highest BCUT2D eigenvalue weighted by Crippen LogP contribution is 2.31. The Kier molecular flexibility index (Phi) is 3.23. The van der Waals surface area contributed by atoms with E-state index in [0.717, 1.165) is 11.8 Å². The van der Waals surface area contributed by atoms with E-state index in [-0.39, 0.29) is 11.1 Å². The number of hydrogen-bond donors (Lipinski definition) is 1. The molecule has 2 rings (SSSR count). The molecule has 0 aliphatic carbocycles. The molecule has 0 saturated carbocycles. The van der Waals surface area contributed by atoms with Gasteiger partial charge < -0.3 is 5.73 Å². The van der Waals surface area contributed by atoms with E-state index in [4.69, 9.17) is 28.9 Å². The molecule has 1 amide bonds. The Hall–Kier alpha value is -0.970. The molecule has 0 unspecified atom stereocenters.